The van der Waals surface area contributed by atoms with E-state index in [0.717, 1.165) is 165 Å². The maximum absolute atomic E-state index is 13.1. The third-order valence-corrected chi connectivity index (χ3v) is 32.2. The van der Waals surface area contributed by atoms with Crippen molar-refractivity contribution >= 4 is 160 Å². The summed E-state index contributed by atoms with van der Waals surface area (Å²) in [6, 6.07) is 140. The van der Waals surface area contributed by atoms with Crippen LogP contribution in [0.5, 0.6) is 28.7 Å². The zero-order chi connectivity index (χ0) is 101. The number of sulfone groups is 1. The van der Waals surface area contributed by atoms with Crippen molar-refractivity contribution in [3.63, 3.8) is 0 Å². The zero-order valence-electron chi connectivity index (χ0n) is 81.7. The third-order valence-electron chi connectivity index (χ3n) is 25.6. The summed E-state index contributed by atoms with van der Waals surface area (Å²) in [4.78, 5) is 16.9. The van der Waals surface area contributed by atoms with E-state index in [1.807, 2.05) is 192 Å². The summed E-state index contributed by atoms with van der Waals surface area (Å²) in [5.74, 6) is 13.1. The van der Waals surface area contributed by atoms with Crippen molar-refractivity contribution in [2.24, 2.45) is 0 Å². The molecule has 23 heteroatoms. The Balaban J connectivity index is 0.000000100. The number of aryl methyl sites for hydroxylation is 6. The van der Waals surface area contributed by atoms with Crippen molar-refractivity contribution in [3.05, 3.63) is 464 Å². The topological polar surface area (TPSA) is 186 Å². The minimum absolute atomic E-state index is 0.171. The van der Waals surface area contributed by atoms with E-state index >= 15 is 0 Å². The van der Waals surface area contributed by atoms with Crippen LogP contribution in [-0.2, 0) is 27.1 Å². The van der Waals surface area contributed by atoms with Gasteiger partial charge in [-0.1, -0.05) is 248 Å². The molecule has 6 aliphatic heterocycles. The molecule has 27 rings (SSSR count). The van der Waals surface area contributed by atoms with Gasteiger partial charge in [0.25, 0.3) is 0 Å². The number of anilines is 18. The van der Waals surface area contributed by atoms with Crippen LogP contribution in [0, 0.1) is 41.5 Å². The molecular weight excluding hydrogens is 1960 g/mol. The van der Waals surface area contributed by atoms with Crippen molar-refractivity contribution < 1.29 is 58.1 Å². The quantitative estimate of drug-likeness (QED) is 0.105. The molecular formula is C124H98N6O13S3Se. The van der Waals surface area contributed by atoms with Crippen LogP contribution in [0.3, 0.4) is 0 Å². The van der Waals surface area contributed by atoms with Gasteiger partial charge in [-0.25, -0.2) is 12.6 Å². The monoisotopic (exact) mass is 2050 g/mol. The van der Waals surface area contributed by atoms with Crippen LogP contribution in [0.15, 0.2) is 474 Å². The summed E-state index contributed by atoms with van der Waals surface area (Å²) in [6.45, 7) is 11.6. The van der Waals surface area contributed by atoms with Crippen molar-refractivity contribution in [1.29, 1.82) is 0 Å². The Hall–Kier alpha value is -17.1. The van der Waals surface area contributed by atoms with Gasteiger partial charge in [0.1, 0.15) is 50.1 Å². The first-order chi connectivity index (χ1) is 71.9. The fraction of sp³-hybridized carbons (Fsp3) is 0.0806. The SMILES string of the molecule is COc1ccccc1N1c2ccccc2Cc2cc(C)oc21.COc1ccccc1N1c2ccccc2S(=O)(=O)c2cc(C)oc21.COc1ccccc1N1c2ccccc2[Se]c2cc(C)oc21.Cc1cc2c(o1)N(c1ccccc1-c1ccccc1)c1ccccc1O2.Cc1cc2c(o1)N(c1ccccc1-c1ccccc1)c1ccccc1S2.Cc1cc2c(o1)N(c1ccccc1-c1ccccc1)c1ccccc1S2=O. The summed E-state index contributed by atoms with van der Waals surface area (Å²) in [7, 11) is 0.114. The van der Waals surface area contributed by atoms with E-state index in [4.69, 9.17) is 45.5 Å². The van der Waals surface area contributed by atoms with E-state index in [9.17, 15) is 12.6 Å². The van der Waals surface area contributed by atoms with Crippen LogP contribution in [0.25, 0.3) is 33.4 Å². The number of benzene rings is 15. The number of hydrogen-bond acceptors (Lipinski definition) is 20. The molecule has 1 atom stereocenters. The summed E-state index contributed by atoms with van der Waals surface area (Å²) in [6.07, 6.45) is 0.897. The molecule has 0 bridgehead atoms. The van der Waals surface area contributed by atoms with Gasteiger partial charge in [-0.2, -0.15) is 0 Å². The normalized spacial score (nSPS) is 13.4. The Bertz CT molecular complexity index is 8290. The Kier molecular flexibility index (Phi) is 26.4. The number of methoxy groups -OCH3 is 3. The standard InChI is InChI=1S/C23H17NO2S.C23H17NO2.C23H17NOS.C19H17NO2.C18H15NO4S.C18H15NO2Se/c1-16-15-22-23(26-16)24(20-13-7-8-14-21(20)27(22)25)19-12-6-5-11-18(19)17-9-3-2-4-10-17;2*1-16-15-22-23(25-16)24(20-13-7-8-14-21(20)26-22)19-12-6-5-11-18(19)17-9-3-2-4-10-17;1-13-11-15-12-14-7-3-4-8-16(14)20(19(15)22-13)17-9-5-6-10-18(17)21-2;1-12-11-17-18(23-12)19(13-7-3-5-9-15(13)22-2)14-8-4-6-10-16(14)24(17,20)21;1-12-11-17-18(21-12)19(13-7-3-5-9-15(13)20-2)14-8-4-6-10-16(14)22-17/h2-15H,1H3;2*2-15H,1H3;3-11H,12H2,1-2H3;3-11H,1-2H3;3-11H,1-2H3. The first-order valence-electron chi connectivity index (χ1n) is 47.9. The van der Waals surface area contributed by atoms with E-state index < -0.39 is 20.6 Å². The van der Waals surface area contributed by atoms with E-state index in [-0.39, 0.29) is 30.6 Å². The van der Waals surface area contributed by atoms with Crippen molar-refractivity contribution in [1.82, 2.24) is 0 Å². The molecule has 12 heterocycles. The molecule has 0 spiro atoms. The second-order valence-corrected chi connectivity index (χ2v) is 41.9. The molecule has 0 N–H and O–H groups in total. The van der Waals surface area contributed by atoms with Crippen LogP contribution < -0.4 is 57.3 Å². The molecule has 0 amide bonds. The van der Waals surface area contributed by atoms with Gasteiger partial charge in [0.15, 0.2) is 11.5 Å². The Morgan fingerprint density at radius 1 is 0.272 bits per heavy atom. The van der Waals surface area contributed by atoms with Crippen molar-refractivity contribution in [3.8, 4) is 62.1 Å². The van der Waals surface area contributed by atoms with Gasteiger partial charge in [0.2, 0.25) is 39.3 Å². The predicted octanol–water partition coefficient (Wildman–Crippen LogP) is 32.4. The molecule has 147 heavy (non-hydrogen) atoms. The molecule has 19 nitrogen and oxygen atoms in total. The molecule has 726 valence electrons. The largest absolute Gasteiger partial charge is 0.449 e. The predicted molar refractivity (Wildman–Crippen MR) is 587 cm³/mol. The van der Waals surface area contributed by atoms with Crippen LogP contribution >= 0.6 is 11.8 Å². The van der Waals surface area contributed by atoms with Crippen LogP contribution in [0.4, 0.5) is 104 Å². The molecule has 6 aromatic heterocycles. The number of ether oxygens (including phenoxy) is 4. The second-order valence-electron chi connectivity index (χ2n) is 35.2. The summed E-state index contributed by atoms with van der Waals surface area (Å²) >= 11 is 2.03. The summed E-state index contributed by atoms with van der Waals surface area (Å²) in [5.41, 5.74) is 21.2. The maximum Gasteiger partial charge on any atom is 0.248 e. The molecule has 6 aliphatic rings. The molecule has 0 radical (unpaired) electrons. The third kappa shape index (κ3) is 18.3. The van der Waals surface area contributed by atoms with Crippen molar-refractivity contribution in [2.45, 2.75) is 77.3 Å². The zero-order valence-corrected chi connectivity index (χ0v) is 85.8. The minimum atomic E-state index is -3.62. The average molecular weight is 2060 g/mol. The summed E-state index contributed by atoms with van der Waals surface area (Å²) < 4.78 is 100. The number of rotatable bonds is 12. The van der Waals surface area contributed by atoms with Crippen molar-refractivity contribution in [2.75, 3.05) is 50.7 Å². The number of furan rings is 6. The van der Waals surface area contributed by atoms with Gasteiger partial charge in [0.05, 0.1) is 96.6 Å². The van der Waals surface area contributed by atoms with Gasteiger partial charge in [-0.05, 0) is 172 Å². The van der Waals surface area contributed by atoms with E-state index in [2.05, 4.69) is 255 Å². The first-order valence-corrected chi connectivity index (χ1v) is 53.1. The Labute approximate surface area is 865 Å². The molecule has 1 unspecified atom stereocenters. The molecule has 15 aromatic carbocycles. The minimum Gasteiger partial charge on any atom is -0.449 e. The van der Waals surface area contributed by atoms with Gasteiger partial charge >= 0.3 is 135 Å². The van der Waals surface area contributed by atoms with Crippen LogP contribution in [-0.4, -0.2) is 48.9 Å². The van der Waals surface area contributed by atoms with Gasteiger partial charge in [0, 0.05) is 45.7 Å². The fourth-order valence-electron chi connectivity index (χ4n) is 19.2. The Morgan fingerprint density at radius 3 is 1.25 bits per heavy atom. The molecule has 0 saturated heterocycles. The molecule has 21 aromatic rings. The smallest absolute Gasteiger partial charge is 0.248 e. The van der Waals surface area contributed by atoms with Crippen LogP contribution in [0.2, 0.25) is 0 Å². The van der Waals surface area contributed by atoms with Gasteiger partial charge in [-0.15, -0.1) is 0 Å². The molecule has 0 saturated carbocycles. The van der Waals surface area contributed by atoms with E-state index in [1.165, 1.54) is 41.8 Å². The average Bonchev–Trinajstić information content (AvgIpc) is 1.56. The Morgan fingerprint density at radius 2 is 0.660 bits per heavy atom. The molecule has 0 aliphatic carbocycles. The first kappa shape index (κ1) is 94.8. The van der Waals surface area contributed by atoms with Gasteiger partial charge in [-0.3, -0.25) is 24.5 Å². The summed E-state index contributed by atoms with van der Waals surface area (Å²) in [5, 5.41) is 0. The number of fused-ring (bicyclic) bond motifs is 12. The van der Waals surface area contributed by atoms with E-state index in [1.54, 1.807) is 75.2 Å². The number of nitrogens with zero attached hydrogens (tertiary/aromatic N) is 6. The second kappa shape index (κ2) is 41.0. The number of hydrogen-bond donors (Lipinski definition) is 0. The van der Waals surface area contributed by atoms with Crippen LogP contribution in [0.1, 0.15) is 45.7 Å². The number of para-hydroxylation sites is 16. The van der Waals surface area contributed by atoms with Gasteiger partial charge < -0.3 is 36.3 Å². The molecule has 0 fully saturated rings. The fourth-order valence-corrected chi connectivity index (χ4v) is 25.6. The maximum atomic E-state index is 13.1. The van der Waals surface area contributed by atoms with E-state index in [0.29, 0.717) is 33.9 Å².